The maximum Gasteiger partial charge on any atom is 0.120 e. The normalized spacial score (nSPS) is 24.2. The molecule has 0 saturated carbocycles. The Morgan fingerprint density at radius 2 is 2.25 bits per heavy atom. The molecule has 1 aliphatic heterocycles. The first-order valence-electron chi connectivity index (χ1n) is 7.76. The minimum absolute atomic E-state index is 0.626. The van der Waals surface area contributed by atoms with Crippen LogP contribution in [0.15, 0.2) is 10.5 Å². The Hall–Kier alpha value is -0.450. The van der Waals surface area contributed by atoms with Crippen LogP contribution in [0.25, 0.3) is 0 Å². The molecule has 1 saturated heterocycles. The predicted octanol–water partition coefficient (Wildman–Crippen LogP) is 3.41. The molecule has 0 bridgehead atoms. The molecule has 1 aromatic heterocycles. The maximum absolute atomic E-state index is 6.04. The summed E-state index contributed by atoms with van der Waals surface area (Å²) in [6.45, 7) is 13.0. The fraction of sp³-hybridized carbons (Fsp3) is 0.750. The Kier molecular flexibility index (Phi) is 6.00. The Bertz CT molecular complexity index is 419. The number of furan rings is 1. The van der Waals surface area contributed by atoms with Gasteiger partial charge in [0.25, 0.3) is 0 Å². The van der Waals surface area contributed by atoms with Crippen molar-refractivity contribution in [3.05, 3.63) is 23.2 Å². The molecular weight excluding hydrogens is 268 g/mol. The van der Waals surface area contributed by atoms with Gasteiger partial charge in [-0.25, -0.2) is 0 Å². The second-order valence-electron chi connectivity index (χ2n) is 5.78. The van der Waals surface area contributed by atoms with E-state index in [-0.39, 0.29) is 0 Å². The first kappa shape index (κ1) is 15.9. The number of aryl methyl sites for hydroxylation is 1. The molecule has 0 spiro atoms. The smallest absolute Gasteiger partial charge is 0.120 e. The van der Waals surface area contributed by atoms with Crippen LogP contribution in [0.2, 0.25) is 0 Å². The molecule has 1 aromatic rings. The molecule has 1 N–H and O–H groups in total. The van der Waals surface area contributed by atoms with Crippen molar-refractivity contribution < 1.29 is 4.42 Å². The number of nitrogens with zero attached hydrogens (tertiary/aromatic N) is 1. The Morgan fingerprint density at radius 1 is 1.45 bits per heavy atom. The summed E-state index contributed by atoms with van der Waals surface area (Å²) < 4.78 is 6.04. The van der Waals surface area contributed by atoms with Crippen molar-refractivity contribution in [2.45, 2.75) is 58.5 Å². The van der Waals surface area contributed by atoms with Crippen LogP contribution in [0.1, 0.15) is 44.3 Å². The molecule has 2 rings (SSSR count). The van der Waals surface area contributed by atoms with Gasteiger partial charge in [0.05, 0.1) is 13.1 Å². The van der Waals surface area contributed by atoms with Gasteiger partial charge >= 0.3 is 0 Å². The van der Waals surface area contributed by atoms with Crippen LogP contribution in [0.4, 0.5) is 0 Å². The predicted molar refractivity (Wildman–Crippen MR) is 87.2 cm³/mol. The topological polar surface area (TPSA) is 28.4 Å². The zero-order chi connectivity index (χ0) is 14.5. The van der Waals surface area contributed by atoms with Gasteiger partial charge < -0.3 is 9.73 Å². The van der Waals surface area contributed by atoms with E-state index in [1.54, 1.807) is 0 Å². The van der Waals surface area contributed by atoms with Gasteiger partial charge in [-0.1, -0.05) is 13.8 Å². The van der Waals surface area contributed by atoms with Gasteiger partial charge in [-0.15, -0.1) is 0 Å². The average Bonchev–Trinajstić information content (AvgIpc) is 2.76. The third-order valence-electron chi connectivity index (χ3n) is 4.16. The summed E-state index contributed by atoms with van der Waals surface area (Å²) >= 11 is 2.08. The molecule has 0 aliphatic carbocycles. The van der Waals surface area contributed by atoms with E-state index >= 15 is 0 Å². The van der Waals surface area contributed by atoms with Gasteiger partial charge in [0, 0.05) is 23.6 Å². The van der Waals surface area contributed by atoms with Gasteiger partial charge in [-0.3, -0.25) is 4.90 Å². The zero-order valence-electron chi connectivity index (χ0n) is 13.2. The van der Waals surface area contributed by atoms with E-state index in [0.717, 1.165) is 37.6 Å². The molecule has 0 radical (unpaired) electrons. The highest BCUT2D eigenvalue weighted by Gasteiger charge is 2.26. The van der Waals surface area contributed by atoms with Crippen LogP contribution in [0, 0.1) is 6.92 Å². The fourth-order valence-electron chi connectivity index (χ4n) is 2.64. The second kappa shape index (κ2) is 7.53. The SMILES string of the molecule is CCCNCc1oc(CN2CCSC(C)C2C)cc1C. The molecule has 20 heavy (non-hydrogen) atoms. The molecular formula is C16H28N2OS. The highest BCUT2D eigenvalue weighted by molar-refractivity contribution is 8.00. The van der Waals surface area contributed by atoms with Crippen LogP contribution >= 0.6 is 11.8 Å². The van der Waals surface area contributed by atoms with Crippen LogP contribution in [-0.2, 0) is 13.1 Å². The summed E-state index contributed by atoms with van der Waals surface area (Å²) in [5, 5.41) is 4.13. The zero-order valence-corrected chi connectivity index (χ0v) is 14.1. The number of hydrogen-bond acceptors (Lipinski definition) is 4. The molecule has 0 aromatic carbocycles. The summed E-state index contributed by atoms with van der Waals surface area (Å²) in [6, 6.07) is 2.84. The van der Waals surface area contributed by atoms with Crippen molar-refractivity contribution in [2.75, 3.05) is 18.8 Å². The van der Waals surface area contributed by atoms with Gasteiger partial charge in [0.2, 0.25) is 0 Å². The van der Waals surface area contributed by atoms with E-state index in [9.17, 15) is 0 Å². The highest BCUT2D eigenvalue weighted by atomic mass is 32.2. The molecule has 0 amide bonds. The summed E-state index contributed by atoms with van der Waals surface area (Å²) in [7, 11) is 0. The fourth-order valence-corrected chi connectivity index (χ4v) is 3.80. The lowest BCUT2D eigenvalue weighted by molar-refractivity contribution is 0.187. The first-order chi connectivity index (χ1) is 9.61. The van der Waals surface area contributed by atoms with E-state index in [1.807, 2.05) is 0 Å². The molecule has 114 valence electrons. The number of thioether (sulfide) groups is 1. The number of rotatable bonds is 6. The minimum atomic E-state index is 0.626. The summed E-state index contributed by atoms with van der Waals surface area (Å²) in [4.78, 5) is 2.54. The standard InChI is InChI=1S/C16H28N2OS/c1-5-6-17-10-16-12(2)9-15(19-16)11-18-7-8-20-14(4)13(18)3/h9,13-14,17H,5-8,10-11H2,1-4H3. The van der Waals surface area contributed by atoms with E-state index in [1.165, 1.54) is 17.9 Å². The number of nitrogens with one attached hydrogen (secondary N) is 1. The first-order valence-corrected chi connectivity index (χ1v) is 8.81. The Labute approximate surface area is 127 Å². The monoisotopic (exact) mass is 296 g/mol. The van der Waals surface area contributed by atoms with Crippen LogP contribution in [-0.4, -0.2) is 35.0 Å². The molecule has 2 unspecified atom stereocenters. The van der Waals surface area contributed by atoms with E-state index in [2.05, 4.69) is 55.7 Å². The van der Waals surface area contributed by atoms with Crippen LogP contribution < -0.4 is 5.32 Å². The molecule has 2 heterocycles. The molecule has 1 fully saturated rings. The lowest BCUT2D eigenvalue weighted by atomic mass is 10.2. The van der Waals surface area contributed by atoms with E-state index in [4.69, 9.17) is 4.42 Å². The van der Waals surface area contributed by atoms with Crippen LogP contribution in [0.5, 0.6) is 0 Å². The lowest BCUT2D eigenvalue weighted by Gasteiger charge is -2.36. The van der Waals surface area contributed by atoms with Crippen molar-refractivity contribution >= 4 is 11.8 Å². The summed E-state index contributed by atoms with van der Waals surface area (Å²) in [5.41, 5.74) is 1.27. The number of hydrogen-bond donors (Lipinski definition) is 1. The molecule has 4 heteroatoms. The van der Waals surface area contributed by atoms with Crippen molar-refractivity contribution in [1.29, 1.82) is 0 Å². The van der Waals surface area contributed by atoms with Crippen molar-refractivity contribution in [3.8, 4) is 0 Å². The van der Waals surface area contributed by atoms with Gasteiger partial charge in [0.15, 0.2) is 0 Å². The van der Waals surface area contributed by atoms with Gasteiger partial charge in [-0.05, 0) is 38.4 Å². The van der Waals surface area contributed by atoms with Crippen molar-refractivity contribution in [1.82, 2.24) is 10.2 Å². The summed E-state index contributed by atoms with van der Waals surface area (Å²) in [5.74, 6) is 3.44. The van der Waals surface area contributed by atoms with Crippen LogP contribution in [0.3, 0.4) is 0 Å². The molecule has 1 aliphatic rings. The quantitative estimate of drug-likeness (QED) is 0.814. The van der Waals surface area contributed by atoms with Crippen molar-refractivity contribution in [2.24, 2.45) is 0 Å². The van der Waals surface area contributed by atoms with Gasteiger partial charge in [0.1, 0.15) is 11.5 Å². The second-order valence-corrected chi connectivity index (χ2v) is 7.27. The Balaban J connectivity index is 1.94. The Morgan fingerprint density at radius 3 is 3.00 bits per heavy atom. The largest absolute Gasteiger partial charge is 0.463 e. The van der Waals surface area contributed by atoms with E-state index < -0.39 is 0 Å². The molecule has 3 nitrogen and oxygen atoms in total. The third-order valence-corrected chi connectivity index (χ3v) is 5.50. The van der Waals surface area contributed by atoms with Gasteiger partial charge in [-0.2, -0.15) is 11.8 Å². The highest BCUT2D eigenvalue weighted by Crippen LogP contribution is 2.26. The average molecular weight is 296 g/mol. The third kappa shape index (κ3) is 4.03. The minimum Gasteiger partial charge on any atom is -0.463 e. The molecule has 2 atom stereocenters. The maximum atomic E-state index is 6.04. The summed E-state index contributed by atoms with van der Waals surface area (Å²) in [6.07, 6.45) is 1.16. The van der Waals surface area contributed by atoms with E-state index in [0.29, 0.717) is 11.3 Å². The lowest BCUT2D eigenvalue weighted by Crippen LogP contribution is -2.43. The van der Waals surface area contributed by atoms with Crippen molar-refractivity contribution in [3.63, 3.8) is 0 Å².